The number of ether oxygens (including phenoxy) is 2. The summed E-state index contributed by atoms with van der Waals surface area (Å²) in [4.78, 5) is 64.5. The van der Waals surface area contributed by atoms with Crippen LogP contribution in [-0.4, -0.2) is 81.6 Å². The number of hydrogen-bond donors (Lipinski definition) is 2. The number of carbonyl (C=O) groups is 3. The van der Waals surface area contributed by atoms with Crippen LogP contribution in [0.25, 0.3) is 10.9 Å². The summed E-state index contributed by atoms with van der Waals surface area (Å²) in [7, 11) is 0. The molecule has 6 aliphatic rings. The van der Waals surface area contributed by atoms with Gasteiger partial charge in [0.2, 0.25) is 17.0 Å². The number of aromatic carboxylic acids is 1. The predicted octanol–water partition coefficient (Wildman–Crippen LogP) is 3.88. The second kappa shape index (κ2) is 10.6. The molecule has 246 valence electrons. The minimum atomic E-state index is -1.34. The van der Waals surface area contributed by atoms with Crippen molar-refractivity contribution in [3.8, 4) is 0 Å². The number of pyridine rings is 1. The first-order valence-electron chi connectivity index (χ1n) is 16.2. The molecule has 4 saturated carbocycles. The van der Waals surface area contributed by atoms with Gasteiger partial charge in [0.05, 0.1) is 17.1 Å². The van der Waals surface area contributed by atoms with Crippen LogP contribution in [0.4, 0.5) is 14.9 Å². The van der Waals surface area contributed by atoms with E-state index in [9.17, 15) is 29.4 Å². The van der Waals surface area contributed by atoms with Crippen LogP contribution < -0.4 is 10.3 Å². The van der Waals surface area contributed by atoms with Gasteiger partial charge in [-0.25, -0.2) is 14.0 Å². The van der Waals surface area contributed by atoms with Gasteiger partial charge in [-0.15, -0.1) is 0 Å². The Morgan fingerprint density at radius 3 is 2.48 bits per heavy atom. The number of halogens is 1. The van der Waals surface area contributed by atoms with Crippen molar-refractivity contribution in [3.63, 3.8) is 0 Å². The third-order valence-corrected chi connectivity index (χ3v) is 10.8. The van der Waals surface area contributed by atoms with Crippen LogP contribution >= 0.6 is 0 Å². The SMILES string of the molecule is O=C(O)c1cn(C2CC2)c2cc(N3CCN(C(=O)OC4CCCC5(C4)OOC4(CC6CC(C(=O)O)C4C6)O5)CC3)c(F)cc2c1=O. The van der Waals surface area contributed by atoms with E-state index in [1.54, 1.807) is 15.5 Å². The summed E-state index contributed by atoms with van der Waals surface area (Å²) in [5.41, 5.74) is -0.301. The second-order valence-electron chi connectivity index (χ2n) is 13.8. The molecule has 2 aromatic rings. The van der Waals surface area contributed by atoms with Crippen molar-refractivity contribution in [3.05, 3.63) is 39.9 Å². The Hall–Kier alpha value is -3.75. The lowest BCUT2D eigenvalue weighted by molar-refractivity contribution is -0.365. The van der Waals surface area contributed by atoms with Crippen LogP contribution in [0.2, 0.25) is 0 Å². The van der Waals surface area contributed by atoms with E-state index in [1.807, 2.05) is 4.90 Å². The number of anilines is 1. The van der Waals surface area contributed by atoms with Crippen LogP contribution in [-0.2, 0) is 24.0 Å². The fourth-order valence-corrected chi connectivity index (χ4v) is 8.51. The Kier molecular flexibility index (Phi) is 6.86. The molecule has 46 heavy (non-hydrogen) atoms. The fraction of sp³-hybridized carbons (Fsp3) is 0.625. The number of aliphatic carboxylic acids is 1. The van der Waals surface area contributed by atoms with E-state index in [0.717, 1.165) is 25.3 Å². The van der Waals surface area contributed by atoms with Crippen molar-refractivity contribution in [1.29, 1.82) is 0 Å². The van der Waals surface area contributed by atoms with Crippen molar-refractivity contribution in [2.24, 2.45) is 17.8 Å². The van der Waals surface area contributed by atoms with Gasteiger partial charge >= 0.3 is 18.0 Å². The third kappa shape index (κ3) is 4.83. The molecular formula is C32H36FN3O10. The van der Waals surface area contributed by atoms with Crippen LogP contribution in [0.15, 0.2) is 23.1 Å². The van der Waals surface area contributed by atoms with E-state index in [-0.39, 0.29) is 35.2 Å². The predicted molar refractivity (Wildman–Crippen MR) is 157 cm³/mol. The van der Waals surface area contributed by atoms with Crippen LogP contribution in [0.3, 0.4) is 0 Å². The molecule has 2 N–H and O–H groups in total. The Morgan fingerprint density at radius 2 is 1.78 bits per heavy atom. The number of benzene rings is 1. The molecule has 1 aromatic heterocycles. The van der Waals surface area contributed by atoms with E-state index in [0.29, 0.717) is 69.5 Å². The highest BCUT2D eigenvalue weighted by Gasteiger charge is 2.67. The topological polar surface area (TPSA) is 157 Å². The molecule has 2 aliphatic heterocycles. The maximum atomic E-state index is 15.4. The molecule has 13 nitrogen and oxygen atoms in total. The number of rotatable bonds is 5. The molecular weight excluding hydrogens is 605 g/mol. The van der Waals surface area contributed by atoms with Gasteiger partial charge in [0.25, 0.3) is 0 Å². The maximum absolute atomic E-state index is 15.4. The van der Waals surface area contributed by atoms with Gasteiger partial charge in [0.15, 0.2) is 0 Å². The summed E-state index contributed by atoms with van der Waals surface area (Å²) in [6.07, 6.45) is 6.21. The first-order valence-corrected chi connectivity index (χ1v) is 16.2. The standard InChI is InChI=1S/C32H36FN3O10/c33-24-12-21-25(36(18-3-4-18)16-22(27(21)37)29(40)41)13-26(24)34-6-8-35(9-7-34)30(42)43-19-2-1-5-31(15-19)44-32(46-45-31)14-17-10-20(28(38)39)23(32)11-17/h12-13,16-20,23H,1-11,14-15H2,(H,38,39)(H,40,41). The molecule has 2 spiro atoms. The molecule has 2 bridgehead atoms. The van der Waals surface area contributed by atoms with E-state index in [1.165, 1.54) is 6.20 Å². The summed E-state index contributed by atoms with van der Waals surface area (Å²) >= 11 is 0. The van der Waals surface area contributed by atoms with E-state index < -0.39 is 52.9 Å². The van der Waals surface area contributed by atoms with Gasteiger partial charge in [-0.1, -0.05) is 0 Å². The molecule has 6 atom stereocenters. The number of carboxylic acid groups (broad SMARTS) is 2. The third-order valence-electron chi connectivity index (χ3n) is 10.8. The molecule has 1 aromatic carbocycles. The van der Waals surface area contributed by atoms with Crippen molar-refractivity contribution >= 4 is 34.6 Å². The van der Waals surface area contributed by atoms with Gasteiger partial charge < -0.3 is 34.1 Å². The minimum absolute atomic E-state index is 0.0363. The van der Waals surface area contributed by atoms with E-state index in [2.05, 4.69) is 0 Å². The van der Waals surface area contributed by atoms with E-state index >= 15 is 4.39 Å². The van der Waals surface area contributed by atoms with Crippen LogP contribution in [0.1, 0.15) is 74.2 Å². The zero-order chi connectivity index (χ0) is 32.0. The molecule has 6 fully saturated rings. The zero-order valence-electron chi connectivity index (χ0n) is 25.2. The number of fused-ring (bicyclic) bond motifs is 4. The van der Waals surface area contributed by atoms with Crippen molar-refractivity contribution in [2.45, 2.75) is 81.5 Å². The highest BCUT2D eigenvalue weighted by molar-refractivity contribution is 5.93. The number of carbonyl (C=O) groups excluding carboxylic acids is 1. The van der Waals surface area contributed by atoms with Crippen molar-refractivity contribution in [2.75, 3.05) is 31.1 Å². The number of carboxylic acids is 2. The molecule has 8 rings (SSSR count). The molecule has 6 unspecified atom stereocenters. The Bertz CT molecular complexity index is 1690. The largest absolute Gasteiger partial charge is 0.481 e. The Labute approximate surface area is 262 Å². The number of hydrogen-bond acceptors (Lipinski definition) is 9. The lowest BCUT2D eigenvalue weighted by Gasteiger charge is -2.39. The normalized spacial score (nSPS) is 33.8. The monoisotopic (exact) mass is 641 g/mol. The summed E-state index contributed by atoms with van der Waals surface area (Å²) in [6, 6.07) is 2.80. The van der Waals surface area contributed by atoms with Crippen LogP contribution in [0, 0.1) is 23.6 Å². The summed E-state index contributed by atoms with van der Waals surface area (Å²) < 4.78 is 29.5. The highest BCUT2D eigenvalue weighted by atomic mass is 19.1. The first kappa shape index (κ1) is 29.6. The summed E-state index contributed by atoms with van der Waals surface area (Å²) in [5.74, 6) is -5.54. The van der Waals surface area contributed by atoms with Crippen molar-refractivity contribution < 1.29 is 48.2 Å². The van der Waals surface area contributed by atoms with Gasteiger partial charge in [0, 0.05) is 69.0 Å². The van der Waals surface area contributed by atoms with Crippen LogP contribution in [0.5, 0.6) is 0 Å². The highest BCUT2D eigenvalue weighted by Crippen LogP contribution is 2.61. The molecule has 1 amide bonds. The number of amides is 1. The van der Waals surface area contributed by atoms with Gasteiger partial charge in [-0.3, -0.25) is 9.59 Å². The molecule has 2 saturated heterocycles. The maximum Gasteiger partial charge on any atom is 0.410 e. The quantitative estimate of drug-likeness (QED) is 0.457. The average Bonchev–Trinajstić information content (AvgIpc) is 3.58. The summed E-state index contributed by atoms with van der Waals surface area (Å²) in [5, 5.41) is 19.2. The number of aromatic nitrogens is 1. The molecule has 4 aliphatic carbocycles. The average molecular weight is 642 g/mol. The smallest absolute Gasteiger partial charge is 0.410 e. The van der Waals surface area contributed by atoms with Gasteiger partial charge in [-0.2, -0.15) is 9.78 Å². The number of nitrogens with zero attached hydrogens (tertiary/aromatic N) is 3. The molecule has 0 radical (unpaired) electrons. The fourth-order valence-electron chi connectivity index (χ4n) is 8.51. The molecule has 3 heterocycles. The zero-order valence-corrected chi connectivity index (χ0v) is 25.2. The Morgan fingerprint density at radius 1 is 1.00 bits per heavy atom. The van der Waals surface area contributed by atoms with Crippen molar-refractivity contribution in [1.82, 2.24) is 9.47 Å². The summed E-state index contributed by atoms with van der Waals surface area (Å²) in [6.45, 7) is 1.26. The van der Waals surface area contributed by atoms with E-state index in [4.69, 9.17) is 19.2 Å². The van der Waals surface area contributed by atoms with Gasteiger partial charge in [0.1, 0.15) is 17.5 Å². The second-order valence-corrected chi connectivity index (χ2v) is 13.8. The lowest BCUT2D eigenvalue weighted by Crippen LogP contribution is -2.51. The minimum Gasteiger partial charge on any atom is -0.481 e. The Balaban J connectivity index is 0.916. The van der Waals surface area contributed by atoms with Gasteiger partial charge in [-0.05, 0) is 56.6 Å². The lowest BCUT2D eigenvalue weighted by atomic mass is 9.83. The molecule has 14 heteroatoms. The first-order chi connectivity index (χ1) is 22.0. The number of piperazine rings is 1.